The molecule has 1 fully saturated rings. The van der Waals surface area contributed by atoms with Crippen molar-refractivity contribution in [2.24, 2.45) is 0 Å². The molecule has 1 saturated heterocycles. The molecule has 2 N–H and O–H groups in total. The van der Waals surface area contributed by atoms with Crippen LogP contribution in [0.15, 0.2) is 24.3 Å². The Labute approximate surface area is 126 Å². The van der Waals surface area contributed by atoms with Gasteiger partial charge < -0.3 is 15.0 Å². The van der Waals surface area contributed by atoms with Crippen LogP contribution >= 0.6 is 0 Å². The van der Waals surface area contributed by atoms with Gasteiger partial charge in [0.1, 0.15) is 0 Å². The maximum atomic E-state index is 9.20. The van der Waals surface area contributed by atoms with Crippen molar-refractivity contribution in [2.45, 2.75) is 25.9 Å². The number of piperazine rings is 1. The Bertz CT molecular complexity index is 607. The lowest BCUT2D eigenvalue weighted by Gasteiger charge is -2.39. The Kier molecular flexibility index (Phi) is 4.29. The van der Waals surface area contributed by atoms with Gasteiger partial charge in [-0.2, -0.15) is 0 Å². The van der Waals surface area contributed by atoms with E-state index in [0.717, 1.165) is 32.6 Å². The predicted octanol–water partition coefficient (Wildman–Crippen LogP) is 1.97. The van der Waals surface area contributed by atoms with Gasteiger partial charge in [-0.25, -0.2) is 0 Å². The molecule has 0 bridgehead atoms. The average molecular weight is 287 g/mol. The number of nitrogens with zero attached hydrogens (tertiary/aromatic N) is 2. The van der Waals surface area contributed by atoms with E-state index >= 15 is 0 Å². The summed E-state index contributed by atoms with van der Waals surface area (Å²) in [5, 5.41) is 10.5. The van der Waals surface area contributed by atoms with E-state index in [1.165, 1.54) is 22.2 Å². The molecule has 0 saturated carbocycles. The quantitative estimate of drug-likeness (QED) is 0.903. The van der Waals surface area contributed by atoms with Gasteiger partial charge in [-0.15, -0.1) is 0 Å². The number of rotatable bonds is 4. The van der Waals surface area contributed by atoms with Crippen molar-refractivity contribution in [3.8, 4) is 0 Å². The van der Waals surface area contributed by atoms with Crippen molar-refractivity contribution >= 4 is 10.9 Å². The first-order valence-electron chi connectivity index (χ1n) is 7.78. The fraction of sp³-hybridized carbons (Fsp3) is 0.529. The van der Waals surface area contributed by atoms with Crippen LogP contribution in [0.1, 0.15) is 17.7 Å². The van der Waals surface area contributed by atoms with Crippen LogP contribution in [0.3, 0.4) is 0 Å². The van der Waals surface area contributed by atoms with Gasteiger partial charge in [0.15, 0.2) is 0 Å². The number of likely N-dealkylation sites (N-methyl/N-ethyl adjacent to an activating group) is 1. The largest absolute Gasteiger partial charge is 0.396 e. The molecule has 0 aliphatic carbocycles. The number of para-hydroxylation sites is 1. The van der Waals surface area contributed by atoms with Crippen molar-refractivity contribution in [3.63, 3.8) is 0 Å². The fourth-order valence-corrected chi connectivity index (χ4v) is 3.33. The number of benzene rings is 1. The van der Waals surface area contributed by atoms with E-state index in [0.29, 0.717) is 6.04 Å². The highest BCUT2D eigenvalue weighted by molar-refractivity contribution is 5.84. The van der Waals surface area contributed by atoms with Gasteiger partial charge in [-0.05, 0) is 32.0 Å². The Morgan fingerprint density at radius 3 is 2.86 bits per heavy atom. The lowest BCUT2D eigenvalue weighted by Crippen LogP contribution is -2.51. The van der Waals surface area contributed by atoms with Crippen molar-refractivity contribution in [3.05, 3.63) is 35.5 Å². The number of fused-ring (bicyclic) bond motifs is 1. The number of aromatic nitrogens is 1. The second-order valence-corrected chi connectivity index (χ2v) is 6.16. The first-order valence-corrected chi connectivity index (χ1v) is 7.78. The number of nitrogens with one attached hydrogen (secondary N) is 1. The highest BCUT2D eigenvalue weighted by Gasteiger charge is 2.24. The molecule has 1 atom stereocenters. The smallest absolute Gasteiger partial charge is 0.0459 e. The van der Waals surface area contributed by atoms with E-state index in [9.17, 15) is 5.11 Å². The topological polar surface area (TPSA) is 42.5 Å². The number of aliphatic hydroxyl groups is 1. The van der Waals surface area contributed by atoms with Gasteiger partial charge in [0.05, 0.1) is 0 Å². The minimum atomic E-state index is 0.272. The van der Waals surface area contributed by atoms with Crippen molar-refractivity contribution in [1.82, 2.24) is 14.8 Å². The summed E-state index contributed by atoms with van der Waals surface area (Å²) in [6.07, 6.45) is 0.860. The number of hydrogen-bond acceptors (Lipinski definition) is 3. The van der Waals surface area contributed by atoms with E-state index in [1.54, 1.807) is 0 Å². The molecule has 2 aromatic rings. The van der Waals surface area contributed by atoms with Gasteiger partial charge in [0, 0.05) is 55.4 Å². The van der Waals surface area contributed by atoms with Gasteiger partial charge in [-0.3, -0.25) is 4.90 Å². The third-order valence-electron chi connectivity index (χ3n) is 4.77. The number of hydrogen-bond donors (Lipinski definition) is 2. The summed E-state index contributed by atoms with van der Waals surface area (Å²) in [6, 6.07) is 8.97. The highest BCUT2D eigenvalue weighted by Crippen LogP contribution is 2.23. The summed E-state index contributed by atoms with van der Waals surface area (Å²) >= 11 is 0. The van der Waals surface area contributed by atoms with E-state index in [-0.39, 0.29) is 6.61 Å². The molecule has 0 amide bonds. The summed E-state index contributed by atoms with van der Waals surface area (Å²) in [7, 11) is 2.16. The molecule has 0 radical (unpaired) electrons. The summed E-state index contributed by atoms with van der Waals surface area (Å²) in [5.74, 6) is 0. The highest BCUT2D eigenvalue weighted by atomic mass is 16.3. The zero-order valence-electron chi connectivity index (χ0n) is 13.0. The molecule has 21 heavy (non-hydrogen) atoms. The van der Waals surface area contributed by atoms with Crippen LogP contribution in [-0.4, -0.2) is 59.2 Å². The van der Waals surface area contributed by atoms with Crippen molar-refractivity contribution < 1.29 is 5.11 Å². The lowest BCUT2D eigenvalue weighted by molar-refractivity contribution is 0.0736. The van der Waals surface area contributed by atoms with Gasteiger partial charge >= 0.3 is 0 Å². The molecule has 114 valence electrons. The molecule has 1 aromatic carbocycles. The lowest BCUT2D eigenvalue weighted by atomic mass is 10.1. The molecule has 0 spiro atoms. The van der Waals surface area contributed by atoms with Crippen LogP contribution in [0, 0.1) is 6.92 Å². The Hall–Kier alpha value is -1.36. The van der Waals surface area contributed by atoms with E-state index in [2.05, 4.69) is 53.0 Å². The van der Waals surface area contributed by atoms with E-state index in [4.69, 9.17) is 0 Å². The molecule has 1 aliphatic heterocycles. The molecule has 1 aromatic heterocycles. The second-order valence-electron chi connectivity index (χ2n) is 6.16. The summed E-state index contributed by atoms with van der Waals surface area (Å²) in [4.78, 5) is 8.43. The van der Waals surface area contributed by atoms with Crippen molar-refractivity contribution in [2.75, 3.05) is 33.3 Å². The van der Waals surface area contributed by atoms with E-state index in [1.807, 2.05) is 0 Å². The molecular formula is C17H25N3O. The SMILES string of the molecule is Cc1c(CN2CCN(C)C(CCO)C2)[nH]c2ccccc12. The molecular weight excluding hydrogens is 262 g/mol. The van der Waals surface area contributed by atoms with E-state index < -0.39 is 0 Å². The fourth-order valence-electron chi connectivity index (χ4n) is 3.33. The first-order chi connectivity index (χ1) is 10.2. The second kappa shape index (κ2) is 6.18. The third-order valence-corrected chi connectivity index (χ3v) is 4.77. The molecule has 2 heterocycles. The van der Waals surface area contributed by atoms with Gasteiger partial charge in [0.2, 0.25) is 0 Å². The summed E-state index contributed by atoms with van der Waals surface area (Å²) in [5.41, 5.74) is 3.91. The molecule has 4 nitrogen and oxygen atoms in total. The Morgan fingerprint density at radius 1 is 1.29 bits per heavy atom. The number of aliphatic hydroxyl groups excluding tert-OH is 1. The normalized spacial score (nSPS) is 21.2. The van der Waals surface area contributed by atoms with Crippen LogP contribution in [0.5, 0.6) is 0 Å². The first kappa shape index (κ1) is 14.6. The van der Waals surface area contributed by atoms with Crippen LogP contribution in [-0.2, 0) is 6.54 Å². The monoisotopic (exact) mass is 287 g/mol. The van der Waals surface area contributed by atoms with Crippen molar-refractivity contribution in [1.29, 1.82) is 0 Å². The number of aromatic amines is 1. The Balaban J connectivity index is 1.74. The van der Waals surface area contributed by atoms with Crippen LogP contribution in [0.25, 0.3) is 10.9 Å². The van der Waals surface area contributed by atoms with Gasteiger partial charge in [-0.1, -0.05) is 18.2 Å². The maximum absolute atomic E-state index is 9.20. The van der Waals surface area contributed by atoms with Gasteiger partial charge in [0.25, 0.3) is 0 Å². The summed E-state index contributed by atoms with van der Waals surface area (Å²) < 4.78 is 0. The average Bonchev–Trinajstić information content (AvgIpc) is 2.80. The molecule has 1 unspecified atom stereocenters. The third kappa shape index (κ3) is 2.98. The Morgan fingerprint density at radius 2 is 2.10 bits per heavy atom. The molecule has 3 rings (SSSR count). The minimum Gasteiger partial charge on any atom is -0.396 e. The standard InChI is InChI=1S/C17H25N3O/c1-13-15-5-3-4-6-16(15)18-17(13)12-20-9-8-19(2)14(11-20)7-10-21/h3-6,14,18,21H,7-12H2,1-2H3. The zero-order valence-corrected chi connectivity index (χ0v) is 13.0. The van der Waals surface area contributed by atoms with Crippen LogP contribution in [0.4, 0.5) is 0 Å². The number of aryl methyl sites for hydroxylation is 1. The van der Waals surface area contributed by atoms with Crippen LogP contribution in [0.2, 0.25) is 0 Å². The molecule has 1 aliphatic rings. The predicted molar refractivity (Wildman–Crippen MR) is 86.4 cm³/mol. The zero-order chi connectivity index (χ0) is 14.8. The summed E-state index contributed by atoms with van der Waals surface area (Å²) in [6.45, 7) is 6.64. The minimum absolute atomic E-state index is 0.272. The number of H-pyrrole nitrogens is 1. The maximum Gasteiger partial charge on any atom is 0.0459 e. The molecule has 4 heteroatoms. The van der Waals surface area contributed by atoms with Crippen LogP contribution < -0.4 is 0 Å².